The largest absolute Gasteiger partial charge is 0.399 e. The standard InChI is InChI=1S/C16H12N4/c17-11-3-1-2-10(6-11)13-7-15-14(8-18-9-20-15)12-4-5-19-16(12)13/h1-9H,17H2,(H,18,20). The van der Waals surface area contributed by atoms with E-state index in [4.69, 9.17) is 5.73 Å². The van der Waals surface area contributed by atoms with E-state index in [1.807, 2.05) is 42.7 Å². The summed E-state index contributed by atoms with van der Waals surface area (Å²) in [5.41, 5.74) is 10.8. The summed E-state index contributed by atoms with van der Waals surface area (Å²) in [5.74, 6) is 0. The van der Waals surface area contributed by atoms with Gasteiger partial charge in [0.25, 0.3) is 0 Å². The van der Waals surface area contributed by atoms with Gasteiger partial charge in [0.15, 0.2) is 0 Å². The van der Waals surface area contributed by atoms with Crippen LogP contribution in [0.5, 0.6) is 0 Å². The van der Waals surface area contributed by atoms with E-state index < -0.39 is 0 Å². The smallest absolute Gasteiger partial charge is 0.0923 e. The Hall–Kier alpha value is -2.88. The van der Waals surface area contributed by atoms with Gasteiger partial charge in [-0.15, -0.1) is 0 Å². The Kier molecular flexibility index (Phi) is 2.23. The van der Waals surface area contributed by atoms with E-state index >= 15 is 0 Å². The first-order valence-electron chi connectivity index (χ1n) is 6.38. The maximum Gasteiger partial charge on any atom is 0.0923 e. The third kappa shape index (κ3) is 1.55. The first-order chi connectivity index (χ1) is 9.83. The van der Waals surface area contributed by atoms with E-state index in [0.717, 1.165) is 38.6 Å². The Morgan fingerprint density at radius 2 is 2.00 bits per heavy atom. The Labute approximate surface area is 115 Å². The van der Waals surface area contributed by atoms with Crippen LogP contribution in [0.1, 0.15) is 0 Å². The number of nitrogen functional groups attached to an aromatic ring is 1. The molecule has 0 spiro atoms. The zero-order valence-corrected chi connectivity index (χ0v) is 10.7. The van der Waals surface area contributed by atoms with Crippen LogP contribution in [0.2, 0.25) is 0 Å². The van der Waals surface area contributed by atoms with Crippen molar-refractivity contribution in [2.45, 2.75) is 0 Å². The fraction of sp³-hybridized carbons (Fsp3) is 0. The molecule has 4 rings (SSSR count). The highest BCUT2D eigenvalue weighted by Crippen LogP contribution is 2.33. The number of rotatable bonds is 1. The summed E-state index contributed by atoms with van der Waals surface area (Å²) < 4.78 is 0. The molecule has 0 radical (unpaired) electrons. The molecule has 2 heterocycles. The Balaban J connectivity index is 2.14. The summed E-state index contributed by atoms with van der Waals surface area (Å²) in [7, 11) is 0. The second kappa shape index (κ2) is 4.06. The number of fused-ring (bicyclic) bond motifs is 3. The van der Waals surface area contributed by atoms with Crippen molar-refractivity contribution in [3.63, 3.8) is 0 Å². The zero-order valence-electron chi connectivity index (χ0n) is 10.7. The first-order valence-corrected chi connectivity index (χ1v) is 6.38. The Morgan fingerprint density at radius 1 is 1.05 bits per heavy atom. The molecule has 0 aliphatic carbocycles. The van der Waals surface area contributed by atoms with Gasteiger partial charge in [0, 0.05) is 39.9 Å². The van der Waals surface area contributed by atoms with Gasteiger partial charge in [-0.25, -0.2) is 4.98 Å². The van der Waals surface area contributed by atoms with Crippen LogP contribution >= 0.6 is 0 Å². The molecule has 4 nitrogen and oxygen atoms in total. The van der Waals surface area contributed by atoms with Crippen LogP contribution in [0.25, 0.3) is 32.9 Å². The van der Waals surface area contributed by atoms with Gasteiger partial charge >= 0.3 is 0 Å². The van der Waals surface area contributed by atoms with Crippen LogP contribution in [0.4, 0.5) is 5.69 Å². The fourth-order valence-electron chi connectivity index (χ4n) is 2.61. The number of aromatic amines is 1. The summed E-state index contributed by atoms with van der Waals surface area (Å²) in [5, 5.41) is 2.18. The fourth-order valence-corrected chi connectivity index (χ4v) is 2.61. The summed E-state index contributed by atoms with van der Waals surface area (Å²) in [6.45, 7) is 0. The monoisotopic (exact) mass is 260 g/mol. The van der Waals surface area contributed by atoms with Crippen molar-refractivity contribution < 1.29 is 0 Å². The molecule has 20 heavy (non-hydrogen) atoms. The predicted molar refractivity (Wildman–Crippen MR) is 81.2 cm³/mol. The molecular formula is C16H12N4. The van der Waals surface area contributed by atoms with Crippen molar-refractivity contribution in [1.82, 2.24) is 15.0 Å². The second-order valence-electron chi connectivity index (χ2n) is 4.77. The minimum Gasteiger partial charge on any atom is -0.399 e. The highest BCUT2D eigenvalue weighted by molar-refractivity contribution is 6.11. The summed E-state index contributed by atoms with van der Waals surface area (Å²) in [6, 6.07) is 12.0. The molecule has 0 atom stereocenters. The van der Waals surface area contributed by atoms with E-state index in [9.17, 15) is 0 Å². The quantitative estimate of drug-likeness (QED) is 0.516. The lowest BCUT2D eigenvalue weighted by molar-refractivity contribution is 1.23. The van der Waals surface area contributed by atoms with Crippen LogP contribution in [-0.2, 0) is 0 Å². The first kappa shape index (κ1) is 11.0. The summed E-state index contributed by atoms with van der Waals surface area (Å²) >= 11 is 0. The SMILES string of the molecule is Nc1cccc(-c2cc3[nH]cncc3c3ccnc23)c1. The van der Waals surface area contributed by atoms with Crippen molar-refractivity contribution >= 4 is 27.5 Å². The Bertz CT molecular complexity index is 924. The summed E-state index contributed by atoms with van der Waals surface area (Å²) in [4.78, 5) is 11.8. The number of aromatic nitrogens is 3. The van der Waals surface area contributed by atoms with Crippen molar-refractivity contribution in [2.24, 2.45) is 0 Å². The third-order valence-corrected chi connectivity index (χ3v) is 3.52. The lowest BCUT2D eigenvalue weighted by Gasteiger charge is -2.07. The molecule has 4 heteroatoms. The van der Waals surface area contributed by atoms with Crippen LogP contribution in [-0.4, -0.2) is 15.0 Å². The van der Waals surface area contributed by atoms with Gasteiger partial charge in [-0.3, -0.25) is 4.98 Å². The van der Waals surface area contributed by atoms with Crippen LogP contribution in [0.3, 0.4) is 0 Å². The average Bonchev–Trinajstić information content (AvgIpc) is 2.96. The van der Waals surface area contributed by atoms with Gasteiger partial charge < -0.3 is 10.7 Å². The molecule has 0 aliphatic rings. The van der Waals surface area contributed by atoms with Crippen LogP contribution in [0, 0.1) is 0 Å². The summed E-state index contributed by atoms with van der Waals surface area (Å²) in [6.07, 6.45) is 5.37. The molecule has 4 aromatic rings. The van der Waals surface area contributed by atoms with Gasteiger partial charge in [-0.1, -0.05) is 12.1 Å². The Morgan fingerprint density at radius 3 is 2.90 bits per heavy atom. The number of anilines is 1. The molecule has 2 aromatic heterocycles. The average molecular weight is 260 g/mol. The number of benzene rings is 2. The molecule has 0 aliphatic heterocycles. The van der Waals surface area contributed by atoms with Gasteiger partial charge in [-0.2, -0.15) is 0 Å². The van der Waals surface area contributed by atoms with Crippen molar-refractivity contribution in [3.05, 3.63) is 55.1 Å². The van der Waals surface area contributed by atoms with Crippen molar-refractivity contribution in [3.8, 4) is 11.1 Å². The number of nitrogens with zero attached hydrogens (tertiary/aromatic N) is 2. The van der Waals surface area contributed by atoms with Gasteiger partial charge in [-0.05, 0) is 29.8 Å². The number of hydrogen-bond donors (Lipinski definition) is 2. The number of nitrogens with one attached hydrogen (secondary N) is 1. The molecule has 3 N–H and O–H groups in total. The number of hydrogen-bond acceptors (Lipinski definition) is 3. The van der Waals surface area contributed by atoms with E-state index in [1.165, 1.54) is 0 Å². The van der Waals surface area contributed by atoms with Gasteiger partial charge in [0.05, 0.1) is 11.8 Å². The van der Waals surface area contributed by atoms with Gasteiger partial charge in [0.2, 0.25) is 0 Å². The molecule has 0 saturated heterocycles. The molecule has 0 amide bonds. The van der Waals surface area contributed by atoms with E-state index in [0.29, 0.717) is 0 Å². The maximum absolute atomic E-state index is 5.89. The third-order valence-electron chi connectivity index (χ3n) is 3.52. The number of H-pyrrole nitrogens is 1. The van der Waals surface area contributed by atoms with E-state index in [2.05, 4.69) is 21.0 Å². The zero-order chi connectivity index (χ0) is 13.5. The van der Waals surface area contributed by atoms with Crippen molar-refractivity contribution in [1.29, 1.82) is 0 Å². The maximum atomic E-state index is 5.89. The molecular weight excluding hydrogens is 248 g/mol. The second-order valence-corrected chi connectivity index (χ2v) is 4.77. The number of nitrogens with two attached hydrogens (primary N) is 1. The van der Waals surface area contributed by atoms with Crippen molar-refractivity contribution in [2.75, 3.05) is 5.73 Å². The van der Waals surface area contributed by atoms with E-state index in [1.54, 1.807) is 6.33 Å². The molecule has 96 valence electrons. The molecule has 0 fully saturated rings. The molecule has 2 aromatic carbocycles. The minimum atomic E-state index is 0.751. The van der Waals surface area contributed by atoms with E-state index in [-0.39, 0.29) is 0 Å². The topological polar surface area (TPSA) is 67.6 Å². The molecule has 0 saturated carbocycles. The van der Waals surface area contributed by atoms with Gasteiger partial charge in [0.1, 0.15) is 0 Å². The lowest BCUT2D eigenvalue weighted by atomic mass is 10.00. The predicted octanol–water partition coefficient (Wildman–Crippen LogP) is 3.36. The normalized spacial score (nSPS) is 11.2. The van der Waals surface area contributed by atoms with Crippen LogP contribution < -0.4 is 5.73 Å². The molecule has 0 bridgehead atoms. The lowest BCUT2D eigenvalue weighted by Crippen LogP contribution is -1.88. The minimum absolute atomic E-state index is 0.751. The highest BCUT2D eigenvalue weighted by atomic mass is 14.8. The highest BCUT2D eigenvalue weighted by Gasteiger charge is 2.10. The molecule has 0 unspecified atom stereocenters. The van der Waals surface area contributed by atoms with Crippen LogP contribution in [0.15, 0.2) is 55.1 Å².